The molecule has 0 amide bonds. The van der Waals surface area contributed by atoms with Gasteiger partial charge in [-0.1, -0.05) is 32.0 Å². The van der Waals surface area contributed by atoms with Gasteiger partial charge in [0, 0.05) is 30.7 Å². The molecule has 1 aliphatic rings. The van der Waals surface area contributed by atoms with E-state index in [1.807, 2.05) is 0 Å². The monoisotopic (exact) mass is 288 g/mol. The number of nitrogens with one attached hydrogen (secondary N) is 1. The van der Waals surface area contributed by atoms with Crippen LogP contribution in [-0.4, -0.2) is 29.1 Å². The smallest absolute Gasteiger partial charge is 0.0333 e. The summed E-state index contributed by atoms with van der Waals surface area (Å²) in [6.45, 7) is 17.0. The van der Waals surface area contributed by atoms with Gasteiger partial charge in [-0.3, -0.25) is 4.90 Å². The van der Waals surface area contributed by atoms with E-state index < -0.39 is 0 Å². The van der Waals surface area contributed by atoms with Gasteiger partial charge in [0.1, 0.15) is 0 Å². The van der Waals surface area contributed by atoms with E-state index in [2.05, 4.69) is 70.0 Å². The van der Waals surface area contributed by atoms with Crippen molar-refractivity contribution in [2.24, 2.45) is 0 Å². The molecule has 2 heteroatoms. The third kappa shape index (κ3) is 3.49. The fraction of sp³-hybridized carbons (Fsp3) is 0.684. The molecule has 1 aliphatic heterocycles. The van der Waals surface area contributed by atoms with E-state index in [0.717, 1.165) is 19.6 Å². The lowest BCUT2D eigenvalue weighted by atomic mass is 9.84. The summed E-state index contributed by atoms with van der Waals surface area (Å²) < 4.78 is 0. The van der Waals surface area contributed by atoms with Gasteiger partial charge in [-0.05, 0) is 57.2 Å². The molecule has 2 nitrogen and oxygen atoms in total. The molecule has 1 aromatic carbocycles. The molecule has 118 valence electrons. The van der Waals surface area contributed by atoms with E-state index in [4.69, 9.17) is 0 Å². The molecule has 0 radical (unpaired) electrons. The number of nitrogens with zero attached hydrogens (tertiary/aromatic N) is 1. The standard InChI is InChI=1S/C19H32N2/c1-7-19(8-2)13-20-18(5,6)14-21(19)12-17-10-9-15(3)16(4)11-17/h9-11,20H,7-8,12-14H2,1-6H3. The largest absolute Gasteiger partial charge is 0.309 e. The van der Waals surface area contributed by atoms with Gasteiger partial charge in [-0.15, -0.1) is 0 Å². The highest BCUT2D eigenvalue weighted by Gasteiger charge is 2.41. The fourth-order valence-corrected chi connectivity index (χ4v) is 3.51. The van der Waals surface area contributed by atoms with Crippen LogP contribution in [0.15, 0.2) is 18.2 Å². The summed E-state index contributed by atoms with van der Waals surface area (Å²) in [6.07, 6.45) is 2.41. The third-order valence-corrected chi connectivity index (χ3v) is 5.41. The van der Waals surface area contributed by atoms with Crippen molar-refractivity contribution in [3.05, 3.63) is 34.9 Å². The Morgan fingerprint density at radius 3 is 2.33 bits per heavy atom. The van der Waals surface area contributed by atoms with Crippen LogP contribution in [0.5, 0.6) is 0 Å². The Bertz CT molecular complexity index is 486. The van der Waals surface area contributed by atoms with Gasteiger partial charge in [0.25, 0.3) is 0 Å². The molecule has 2 rings (SSSR count). The van der Waals surface area contributed by atoms with Crippen LogP contribution in [0.25, 0.3) is 0 Å². The zero-order valence-corrected chi connectivity index (χ0v) is 14.7. The SMILES string of the molecule is CCC1(CC)CNC(C)(C)CN1Cc1ccc(C)c(C)c1. The minimum Gasteiger partial charge on any atom is -0.309 e. The molecule has 0 unspecified atom stereocenters. The molecule has 1 aromatic rings. The average molecular weight is 288 g/mol. The Labute approximate surface area is 130 Å². The van der Waals surface area contributed by atoms with E-state index in [9.17, 15) is 0 Å². The minimum absolute atomic E-state index is 0.202. The number of aryl methyl sites for hydroxylation is 2. The summed E-state index contributed by atoms with van der Waals surface area (Å²) in [5.74, 6) is 0. The first kappa shape index (κ1) is 16.5. The van der Waals surface area contributed by atoms with Gasteiger partial charge >= 0.3 is 0 Å². The molecule has 0 bridgehead atoms. The maximum atomic E-state index is 3.75. The van der Waals surface area contributed by atoms with Crippen molar-refractivity contribution in [1.29, 1.82) is 0 Å². The molecule has 1 fully saturated rings. The maximum absolute atomic E-state index is 3.75. The van der Waals surface area contributed by atoms with Gasteiger partial charge in [-0.2, -0.15) is 0 Å². The number of hydrogen-bond donors (Lipinski definition) is 1. The second kappa shape index (κ2) is 6.10. The summed E-state index contributed by atoms with van der Waals surface area (Å²) in [5, 5.41) is 3.75. The zero-order chi connectivity index (χ0) is 15.7. The lowest BCUT2D eigenvalue weighted by Crippen LogP contribution is -2.67. The summed E-state index contributed by atoms with van der Waals surface area (Å²) in [6, 6.07) is 6.92. The Morgan fingerprint density at radius 1 is 1.10 bits per heavy atom. The van der Waals surface area contributed by atoms with Crippen LogP contribution in [0.4, 0.5) is 0 Å². The second-order valence-electron chi connectivity index (χ2n) is 7.44. The molecule has 1 heterocycles. The molecule has 0 saturated carbocycles. The molecule has 0 spiro atoms. The Hall–Kier alpha value is -0.860. The van der Waals surface area contributed by atoms with E-state index in [-0.39, 0.29) is 5.54 Å². The van der Waals surface area contributed by atoms with Crippen LogP contribution in [-0.2, 0) is 6.54 Å². The van der Waals surface area contributed by atoms with Gasteiger partial charge in [0.2, 0.25) is 0 Å². The summed E-state index contributed by atoms with van der Waals surface area (Å²) in [5.41, 5.74) is 4.74. The molecular weight excluding hydrogens is 256 g/mol. The van der Waals surface area contributed by atoms with Crippen LogP contribution in [0.3, 0.4) is 0 Å². The molecule has 0 aliphatic carbocycles. The highest BCUT2D eigenvalue weighted by atomic mass is 15.3. The number of rotatable bonds is 4. The summed E-state index contributed by atoms with van der Waals surface area (Å²) in [4.78, 5) is 2.72. The van der Waals surface area contributed by atoms with Crippen LogP contribution in [0.1, 0.15) is 57.2 Å². The fourth-order valence-electron chi connectivity index (χ4n) is 3.51. The van der Waals surface area contributed by atoms with Crippen LogP contribution in [0, 0.1) is 13.8 Å². The van der Waals surface area contributed by atoms with Crippen molar-refractivity contribution in [1.82, 2.24) is 10.2 Å². The predicted octanol–water partition coefficient (Wildman–Crippen LogP) is 4.05. The van der Waals surface area contributed by atoms with Crippen molar-refractivity contribution in [3.63, 3.8) is 0 Å². The van der Waals surface area contributed by atoms with E-state index in [1.165, 1.54) is 29.5 Å². The second-order valence-corrected chi connectivity index (χ2v) is 7.44. The van der Waals surface area contributed by atoms with Gasteiger partial charge in [-0.25, -0.2) is 0 Å². The van der Waals surface area contributed by atoms with E-state index in [1.54, 1.807) is 0 Å². The highest BCUT2D eigenvalue weighted by molar-refractivity contribution is 5.30. The van der Waals surface area contributed by atoms with Crippen LogP contribution in [0.2, 0.25) is 0 Å². The zero-order valence-electron chi connectivity index (χ0n) is 14.7. The van der Waals surface area contributed by atoms with Crippen molar-refractivity contribution in [2.75, 3.05) is 13.1 Å². The van der Waals surface area contributed by atoms with Gasteiger partial charge in [0.15, 0.2) is 0 Å². The van der Waals surface area contributed by atoms with E-state index >= 15 is 0 Å². The van der Waals surface area contributed by atoms with Crippen molar-refractivity contribution >= 4 is 0 Å². The molecule has 0 aromatic heterocycles. The molecule has 21 heavy (non-hydrogen) atoms. The summed E-state index contributed by atoms with van der Waals surface area (Å²) >= 11 is 0. The Morgan fingerprint density at radius 2 is 1.76 bits per heavy atom. The van der Waals surface area contributed by atoms with Crippen LogP contribution < -0.4 is 5.32 Å². The van der Waals surface area contributed by atoms with Crippen LogP contribution >= 0.6 is 0 Å². The van der Waals surface area contributed by atoms with Crippen molar-refractivity contribution in [2.45, 2.75) is 72.0 Å². The number of hydrogen-bond acceptors (Lipinski definition) is 2. The number of piperazine rings is 1. The van der Waals surface area contributed by atoms with Gasteiger partial charge in [0.05, 0.1) is 0 Å². The lowest BCUT2D eigenvalue weighted by Gasteiger charge is -2.52. The average Bonchev–Trinajstić information content (AvgIpc) is 2.43. The van der Waals surface area contributed by atoms with Gasteiger partial charge < -0.3 is 5.32 Å². The lowest BCUT2D eigenvalue weighted by molar-refractivity contribution is 0.00232. The molecule has 1 N–H and O–H groups in total. The minimum atomic E-state index is 0.202. The molecule has 1 saturated heterocycles. The molecular formula is C19H32N2. The third-order valence-electron chi connectivity index (χ3n) is 5.41. The van der Waals surface area contributed by atoms with E-state index in [0.29, 0.717) is 5.54 Å². The first-order valence-electron chi connectivity index (χ1n) is 8.38. The number of benzene rings is 1. The highest BCUT2D eigenvalue weighted by Crippen LogP contribution is 2.31. The molecule has 0 atom stereocenters. The first-order chi connectivity index (χ1) is 9.82. The maximum Gasteiger partial charge on any atom is 0.0333 e. The Balaban J connectivity index is 2.25. The van der Waals surface area contributed by atoms with Crippen molar-refractivity contribution < 1.29 is 0 Å². The normalized spacial score (nSPS) is 21.4. The topological polar surface area (TPSA) is 15.3 Å². The summed E-state index contributed by atoms with van der Waals surface area (Å²) in [7, 11) is 0. The Kier molecular flexibility index (Phi) is 4.79. The van der Waals surface area contributed by atoms with Crippen molar-refractivity contribution in [3.8, 4) is 0 Å². The predicted molar refractivity (Wildman–Crippen MR) is 91.7 cm³/mol. The quantitative estimate of drug-likeness (QED) is 0.899. The first-order valence-corrected chi connectivity index (χ1v) is 8.38.